The molecule has 1 N–H and O–H groups in total. The number of piperidine rings is 1. The average Bonchev–Trinajstić information content (AvgIpc) is 2.86. The highest BCUT2D eigenvalue weighted by molar-refractivity contribution is 5.01. The number of aliphatic hydroxyl groups is 1. The number of aryl methyl sites for hydroxylation is 1. The van der Waals surface area contributed by atoms with Crippen LogP contribution in [0.25, 0.3) is 0 Å². The van der Waals surface area contributed by atoms with Crippen molar-refractivity contribution in [1.82, 2.24) is 14.7 Å². The van der Waals surface area contributed by atoms with Gasteiger partial charge in [-0.2, -0.15) is 5.10 Å². The summed E-state index contributed by atoms with van der Waals surface area (Å²) in [5, 5.41) is 14.4. The fourth-order valence-electron chi connectivity index (χ4n) is 3.74. The monoisotopic (exact) mass is 293 g/mol. The Kier molecular flexibility index (Phi) is 4.33. The second kappa shape index (κ2) is 6.07. The molecule has 0 aliphatic carbocycles. The van der Waals surface area contributed by atoms with Crippen molar-refractivity contribution in [3.05, 3.63) is 18.0 Å². The third kappa shape index (κ3) is 3.30. The first-order valence-corrected chi connectivity index (χ1v) is 8.15. The van der Waals surface area contributed by atoms with Crippen molar-refractivity contribution in [2.75, 3.05) is 13.1 Å². The second-order valence-electron chi connectivity index (χ2n) is 6.65. The Morgan fingerprint density at radius 1 is 1.43 bits per heavy atom. The Bertz CT molecular complexity index is 466. The van der Waals surface area contributed by atoms with Crippen LogP contribution in [0.1, 0.15) is 44.7 Å². The fraction of sp³-hybridized carbons (Fsp3) is 0.812. The fourth-order valence-corrected chi connectivity index (χ4v) is 3.74. The minimum atomic E-state index is -0.188. The summed E-state index contributed by atoms with van der Waals surface area (Å²) in [7, 11) is 1.99. The first-order chi connectivity index (χ1) is 10.1. The van der Waals surface area contributed by atoms with Gasteiger partial charge in [0.25, 0.3) is 0 Å². The van der Waals surface area contributed by atoms with E-state index in [1.165, 1.54) is 5.69 Å². The van der Waals surface area contributed by atoms with Crippen LogP contribution in [0, 0.1) is 0 Å². The van der Waals surface area contributed by atoms with Crippen LogP contribution in [0.3, 0.4) is 0 Å². The molecule has 0 unspecified atom stereocenters. The maximum Gasteiger partial charge on any atom is 0.0735 e. The van der Waals surface area contributed by atoms with Gasteiger partial charge >= 0.3 is 0 Å². The molecule has 0 aromatic carbocycles. The minimum Gasteiger partial charge on any atom is -0.393 e. The van der Waals surface area contributed by atoms with E-state index in [0.717, 1.165) is 51.7 Å². The summed E-state index contributed by atoms with van der Waals surface area (Å²) in [5.41, 5.74) is 1.17. The zero-order chi connectivity index (χ0) is 14.9. The van der Waals surface area contributed by atoms with Gasteiger partial charge in [-0.05, 0) is 31.7 Å². The van der Waals surface area contributed by atoms with Crippen LogP contribution in [0.4, 0.5) is 0 Å². The van der Waals surface area contributed by atoms with Gasteiger partial charge in [0, 0.05) is 39.3 Å². The Hall–Kier alpha value is -0.910. The molecule has 0 radical (unpaired) electrons. The summed E-state index contributed by atoms with van der Waals surface area (Å²) < 4.78 is 8.28. The van der Waals surface area contributed by atoms with Crippen LogP contribution in [0.15, 0.2) is 12.3 Å². The van der Waals surface area contributed by atoms with Crippen LogP contribution in [-0.4, -0.2) is 50.7 Å². The molecule has 1 aromatic rings. The van der Waals surface area contributed by atoms with Gasteiger partial charge in [-0.3, -0.25) is 9.58 Å². The lowest BCUT2D eigenvalue weighted by atomic mass is 9.81. The molecule has 2 atom stereocenters. The number of hydrogen-bond donors (Lipinski definition) is 1. The van der Waals surface area contributed by atoms with E-state index >= 15 is 0 Å². The predicted molar refractivity (Wildman–Crippen MR) is 80.9 cm³/mol. The number of aromatic nitrogens is 2. The summed E-state index contributed by atoms with van der Waals surface area (Å²) >= 11 is 0. The molecule has 2 saturated heterocycles. The van der Waals surface area contributed by atoms with Crippen LogP contribution in [0.2, 0.25) is 0 Å². The molecule has 1 aromatic heterocycles. The lowest BCUT2D eigenvalue weighted by Gasteiger charge is -2.47. The molecule has 3 heterocycles. The van der Waals surface area contributed by atoms with E-state index in [2.05, 4.69) is 23.0 Å². The molecule has 0 amide bonds. The Morgan fingerprint density at radius 2 is 2.19 bits per heavy atom. The van der Waals surface area contributed by atoms with Crippen LogP contribution in [0.5, 0.6) is 0 Å². The van der Waals surface area contributed by atoms with E-state index in [0.29, 0.717) is 0 Å². The largest absolute Gasteiger partial charge is 0.393 e. The third-order valence-electron chi connectivity index (χ3n) is 5.09. The van der Waals surface area contributed by atoms with E-state index in [4.69, 9.17) is 4.74 Å². The van der Waals surface area contributed by atoms with Crippen LogP contribution in [-0.2, 0) is 18.3 Å². The first-order valence-electron chi connectivity index (χ1n) is 8.15. The van der Waals surface area contributed by atoms with Crippen molar-refractivity contribution >= 4 is 0 Å². The Morgan fingerprint density at radius 3 is 2.81 bits per heavy atom. The molecule has 5 heteroatoms. The summed E-state index contributed by atoms with van der Waals surface area (Å²) in [4.78, 5) is 2.47. The van der Waals surface area contributed by atoms with E-state index in [9.17, 15) is 5.11 Å². The van der Waals surface area contributed by atoms with Gasteiger partial charge in [0.05, 0.1) is 23.5 Å². The van der Waals surface area contributed by atoms with Gasteiger partial charge in [-0.15, -0.1) is 0 Å². The number of rotatable bonds is 3. The molecule has 118 valence electrons. The molecular weight excluding hydrogens is 266 g/mol. The number of aliphatic hydroxyl groups excluding tert-OH is 1. The predicted octanol–water partition coefficient (Wildman–Crippen LogP) is 1.70. The number of nitrogens with zero attached hydrogens (tertiary/aromatic N) is 3. The zero-order valence-electron chi connectivity index (χ0n) is 13.2. The van der Waals surface area contributed by atoms with Gasteiger partial charge < -0.3 is 9.84 Å². The molecule has 21 heavy (non-hydrogen) atoms. The topological polar surface area (TPSA) is 50.5 Å². The smallest absolute Gasteiger partial charge is 0.0735 e. The van der Waals surface area contributed by atoms with E-state index in [1.807, 2.05) is 17.9 Å². The standard InChI is InChI=1S/C16H27N3O2/c1-3-15-10-14(20)11-16(21-15)5-8-19(9-6-16)12-13-4-7-17-18(13)2/h4,7,14-15,20H,3,5-6,8-12H2,1-2H3/t14-,15+/m1/s1. The molecule has 1 spiro atoms. The zero-order valence-corrected chi connectivity index (χ0v) is 13.2. The van der Waals surface area contributed by atoms with Crippen molar-refractivity contribution in [3.8, 4) is 0 Å². The highest BCUT2D eigenvalue weighted by Crippen LogP contribution is 2.38. The van der Waals surface area contributed by atoms with Crippen molar-refractivity contribution < 1.29 is 9.84 Å². The van der Waals surface area contributed by atoms with Crippen LogP contribution < -0.4 is 0 Å². The normalized spacial score (nSPS) is 29.9. The Labute approximate surface area is 126 Å². The van der Waals surface area contributed by atoms with Crippen LogP contribution >= 0.6 is 0 Å². The third-order valence-corrected chi connectivity index (χ3v) is 5.09. The molecule has 2 aliphatic heterocycles. The Balaban J connectivity index is 1.58. The van der Waals surface area contributed by atoms with E-state index < -0.39 is 0 Å². The lowest BCUT2D eigenvalue weighted by molar-refractivity contribution is -0.182. The van der Waals surface area contributed by atoms with E-state index in [1.54, 1.807) is 0 Å². The molecule has 2 aliphatic rings. The SMILES string of the molecule is CC[C@H]1C[C@@H](O)CC2(CCN(Cc3ccnn3C)CC2)O1. The molecule has 3 rings (SSSR count). The minimum absolute atomic E-state index is 0.0820. The molecule has 5 nitrogen and oxygen atoms in total. The summed E-state index contributed by atoms with van der Waals surface area (Å²) in [6.07, 6.45) is 6.56. The highest BCUT2D eigenvalue weighted by atomic mass is 16.5. The van der Waals surface area contributed by atoms with E-state index in [-0.39, 0.29) is 17.8 Å². The first kappa shape index (κ1) is 15.0. The number of likely N-dealkylation sites (tertiary alicyclic amines) is 1. The number of ether oxygens (including phenoxy) is 1. The summed E-state index contributed by atoms with van der Waals surface area (Å²) in [6.45, 7) is 5.17. The summed E-state index contributed by atoms with van der Waals surface area (Å²) in [6, 6.07) is 2.08. The van der Waals surface area contributed by atoms with Gasteiger partial charge in [-0.1, -0.05) is 6.92 Å². The quantitative estimate of drug-likeness (QED) is 0.921. The number of hydrogen-bond acceptors (Lipinski definition) is 4. The van der Waals surface area contributed by atoms with Gasteiger partial charge in [0.2, 0.25) is 0 Å². The maximum absolute atomic E-state index is 10.1. The van der Waals surface area contributed by atoms with Crippen molar-refractivity contribution in [3.63, 3.8) is 0 Å². The van der Waals surface area contributed by atoms with Crippen molar-refractivity contribution in [1.29, 1.82) is 0 Å². The molecule has 0 bridgehead atoms. The van der Waals surface area contributed by atoms with Gasteiger partial charge in [-0.25, -0.2) is 0 Å². The van der Waals surface area contributed by atoms with Gasteiger partial charge in [0.1, 0.15) is 0 Å². The average molecular weight is 293 g/mol. The maximum atomic E-state index is 10.1. The highest BCUT2D eigenvalue weighted by Gasteiger charge is 2.42. The second-order valence-corrected chi connectivity index (χ2v) is 6.65. The van der Waals surface area contributed by atoms with Crippen molar-refractivity contribution in [2.24, 2.45) is 7.05 Å². The molecular formula is C16H27N3O2. The lowest BCUT2D eigenvalue weighted by Crippen LogP contribution is -2.52. The van der Waals surface area contributed by atoms with Crippen molar-refractivity contribution in [2.45, 2.75) is 63.4 Å². The van der Waals surface area contributed by atoms with Gasteiger partial charge in [0.15, 0.2) is 0 Å². The molecule has 0 saturated carbocycles. The molecule has 2 fully saturated rings. The summed E-state index contributed by atoms with van der Waals surface area (Å²) in [5.74, 6) is 0.